The van der Waals surface area contributed by atoms with E-state index in [1.807, 2.05) is 6.07 Å². The predicted molar refractivity (Wildman–Crippen MR) is 73.5 cm³/mol. The van der Waals surface area contributed by atoms with E-state index in [9.17, 15) is 5.11 Å². The van der Waals surface area contributed by atoms with Gasteiger partial charge in [0.15, 0.2) is 5.96 Å². The van der Waals surface area contributed by atoms with Crippen LogP contribution in [0.3, 0.4) is 0 Å². The molecule has 1 heterocycles. The van der Waals surface area contributed by atoms with Crippen molar-refractivity contribution in [2.75, 3.05) is 5.32 Å². The van der Waals surface area contributed by atoms with Gasteiger partial charge in [0.2, 0.25) is 0 Å². The molecule has 3 rings (SSSR count). The van der Waals surface area contributed by atoms with Gasteiger partial charge in [-0.15, -0.1) is 0 Å². The standard InChI is InChI=1S/C13H10ClN3O/c14-7-1-3-9-10-4-2-8(18)6-12(10)17-13(15)16-11(9)5-7/h1-6,18H,(H3,15,16,17). The molecule has 0 radical (unpaired) electrons. The largest absolute Gasteiger partial charge is 0.508 e. The molecule has 0 fully saturated rings. The summed E-state index contributed by atoms with van der Waals surface area (Å²) >= 11 is 5.97. The first-order chi connectivity index (χ1) is 8.63. The monoisotopic (exact) mass is 259 g/mol. The van der Waals surface area contributed by atoms with Crippen LogP contribution < -0.4 is 11.1 Å². The highest BCUT2D eigenvalue weighted by molar-refractivity contribution is 6.31. The number of rotatable bonds is 0. The molecule has 2 aromatic carbocycles. The summed E-state index contributed by atoms with van der Waals surface area (Å²) in [6.07, 6.45) is 0. The van der Waals surface area contributed by atoms with E-state index in [0.717, 1.165) is 16.8 Å². The van der Waals surface area contributed by atoms with Crippen LogP contribution in [0.25, 0.3) is 11.1 Å². The first kappa shape index (κ1) is 10.9. The fourth-order valence-electron chi connectivity index (χ4n) is 1.99. The summed E-state index contributed by atoms with van der Waals surface area (Å²) in [5.41, 5.74) is 9.04. The van der Waals surface area contributed by atoms with Gasteiger partial charge in [0, 0.05) is 22.2 Å². The highest BCUT2D eigenvalue weighted by Crippen LogP contribution is 2.39. The summed E-state index contributed by atoms with van der Waals surface area (Å²) in [6, 6.07) is 10.5. The van der Waals surface area contributed by atoms with Gasteiger partial charge in [0.25, 0.3) is 0 Å². The summed E-state index contributed by atoms with van der Waals surface area (Å²) < 4.78 is 0. The minimum Gasteiger partial charge on any atom is -0.508 e. The molecule has 1 aliphatic rings. The van der Waals surface area contributed by atoms with Gasteiger partial charge in [-0.05, 0) is 24.3 Å². The van der Waals surface area contributed by atoms with E-state index in [4.69, 9.17) is 17.3 Å². The molecular formula is C13H10ClN3O. The number of guanidine groups is 1. The average Bonchev–Trinajstić information content (AvgIpc) is 2.42. The summed E-state index contributed by atoms with van der Waals surface area (Å²) in [5, 5.41) is 13.1. The Labute approximate surface area is 109 Å². The molecule has 4 N–H and O–H groups in total. The van der Waals surface area contributed by atoms with E-state index in [2.05, 4.69) is 10.3 Å². The topological polar surface area (TPSA) is 70.6 Å². The number of phenolic OH excluding ortho intramolecular Hbond substituents is 1. The fourth-order valence-corrected chi connectivity index (χ4v) is 2.16. The zero-order valence-corrected chi connectivity index (χ0v) is 10.1. The smallest absolute Gasteiger partial charge is 0.198 e. The van der Waals surface area contributed by atoms with Crippen LogP contribution in [0, 0.1) is 0 Å². The number of nitrogens with one attached hydrogen (secondary N) is 1. The SMILES string of the molecule is NC1=Nc2cc(O)ccc2-c2ccc(Cl)cc2N1. The van der Waals surface area contributed by atoms with E-state index >= 15 is 0 Å². The molecule has 5 heteroatoms. The van der Waals surface area contributed by atoms with E-state index < -0.39 is 0 Å². The summed E-state index contributed by atoms with van der Waals surface area (Å²) in [4.78, 5) is 4.23. The lowest BCUT2D eigenvalue weighted by atomic mass is 10.0. The molecule has 0 saturated carbocycles. The van der Waals surface area contributed by atoms with E-state index in [1.165, 1.54) is 0 Å². The second-order valence-electron chi connectivity index (χ2n) is 4.01. The Hall–Kier alpha value is -2.20. The van der Waals surface area contributed by atoms with Crippen LogP contribution in [0.2, 0.25) is 5.02 Å². The van der Waals surface area contributed by atoms with Crippen LogP contribution >= 0.6 is 11.6 Å². The van der Waals surface area contributed by atoms with Gasteiger partial charge in [-0.25, -0.2) is 4.99 Å². The number of hydrogen-bond acceptors (Lipinski definition) is 4. The molecule has 4 nitrogen and oxygen atoms in total. The average molecular weight is 260 g/mol. The zero-order chi connectivity index (χ0) is 12.7. The van der Waals surface area contributed by atoms with Crippen molar-refractivity contribution >= 4 is 28.9 Å². The molecule has 0 unspecified atom stereocenters. The third kappa shape index (κ3) is 1.76. The Bertz CT molecular complexity index is 667. The number of fused-ring (bicyclic) bond motifs is 3. The van der Waals surface area contributed by atoms with Crippen LogP contribution in [0.5, 0.6) is 5.75 Å². The Balaban J connectivity index is 2.32. The van der Waals surface area contributed by atoms with Gasteiger partial charge < -0.3 is 16.2 Å². The van der Waals surface area contributed by atoms with Crippen molar-refractivity contribution < 1.29 is 5.11 Å². The molecule has 0 aromatic heterocycles. The van der Waals surface area contributed by atoms with E-state index in [0.29, 0.717) is 10.7 Å². The van der Waals surface area contributed by atoms with Crippen molar-refractivity contribution in [2.24, 2.45) is 10.7 Å². The maximum absolute atomic E-state index is 9.51. The molecule has 0 aliphatic carbocycles. The molecular weight excluding hydrogens is 250 g/mol. The number of aromatic hydroxyl groups is 1. The minimum absolute atomic E-state index is 0.155. The van der Waals surface area contributed by atoms with Gasteiger partial charge in [-0.1, -0.05) is 17.7 Å². The normalized spacial score (nSPS) is 12.8. The lowest BCUT2D eigenvalue weighted by Gasteiger charge is -2.09. The van der Waals surface area contributed by atoms with Crippen LogP contribution in [0.1, 0.15) is 0 Å². The highest BCUT2D eigenvalue weighted by Gasteiger charge is 2.15. The number of phenols is 1. The van der Waals surface area contributed by atoms with Crippen molar-refractivity contribution in [3.05, 3.63) is 41.4 Å². The number of benzene rings is 2. The maximum atomic E-state index is 9.51. The van der Waals surface area contributed by atoms with Crippen LogP contribution in [-0.2, 0) is 0 Å². The molecule has 0 amide bonds. The third-order valence-electron chi connectivity index (χ3n) is 2.76. The summed E-state index contributed by atoms with van der Waals surface area (Å²) in [7, 11) is 0. The third-order valence-corrected chi connectivity index (χ3v) is 2.99. The van der Waals surface area contributed by atoms with Crippen LogP contribution in [0.15, 0.2) is 41.4 Å². The number of nitrogens with two attached hydrogens (primary N) is 1. The molecule has 0 atom stereocenters. The van der Waals surface area contributed by atoms with Crippen molar-refractivity contribution in [2.45, 2.75) is 0 Å². The minimum atomic E-state index is 0.155. The van der Waals surface area contributed by atoms with E-state index in [1.54, 1.807) is 30.3 Å². The number of hydrogen-bond donors (Lipinski definition) is 3. The van der Waals surface area contributed by atoms with Crippen molar-refractivity contribution in [3.63, 3.8) is 0 Å². The van der Waals surface area contributed by atoms with Crippen LogP contribution in [0.4, 0.5) is 11.4 Å². The maximum Gasteiger partial charge on any atom is 0.198 e. The number of halogens is 1. The first-order valence-corrected chi connectivity index (χ1v) is 5.75. The first-order valence-electron chi connectivity index (χ1n) is 5.37. The van der Waals surface area contributed by atoms with Crippen molar-refractivity contribution in [1.82, 2.24) is 0 Å². The number of nitrogens with zero attached hydrogens (tertiary/aromatic N) is 1. The molecule has 90 valence electrons. The summed E-state index contributed by atoms with van der Waals surface area (Å²) in [6.45, 7) is 0. The Morgan fingerprint density at radius 3 is 2.72 bits per heavy atom. The fraction of sp³-hybridized carbons (Fsp3) is 0. The van der Waals surface area contributed by atoms with Crippen LogP contribution in [-0.4, -0.2) is 11.1 Å². The molecule has 0 spiro atoms. The van der Waals surface area contributed by atoms with E-state index in [-0.39, 0.29) is 11.7 Å². The van der Waals surface area contributed by atoms with Gasteiger partial charge in [0.05, 0.1) is 11.4 Å². The Kier molecular flexibility index (Phi) is 2.38. The molecule has 18 heavy (non-hydrogen) atoms. The van der Waals surface area contributed by atoms with Gasteiger partial charge in [-0.2, -0.15) is 0 Å². The number of aliphatic imine (C=N–C) groups is 1. The quantitative estimate of drug-likeness (QED) is 0.681. The van der Waals surface area contributed by atoms with Gasteiger partial charge in [0.1, 0.15) is 5.75 Å². The second kappa shape index (κ2) is 3.92. The summed E-state index contributed by atoms with van der Waals surface area (Å²) in [5.74, 6) is 0.422. The Morgan fingerprint density at radius 1 is 1.11 bits per heavy atom. The van der Waals surface area contributed by atoms with Gasteiger partial charge in [-0.3, -0.25) is 0 Å². The highest BCUT2D eigenvalue weighted by atomic mass is 35.5. The molecule has 0 saturated heterocycles. The number of anilines is 1. The lowest BCUT2D eigenvalue weighted by Crippen LogP contribution is -2.21. The van der Waals surface area contributed by atoms with Crippen molar-refractivity contribution in [3.8, 4) is 16.9 Å². The second-order valence-corrected chi connectivity index (χ2v) is 4.45. The Morgan fingerprint density at radius 2 is 1.89 bits per heavy atom. The molecule has 2 aromatic rings. The van der Waals surface area contributed by atoms with Gasteiger partial charge >= 0.3 is 0 Å². The molecule has 0 bridgehead atoms. The predicted octanol–water partition coefficient (Wildman–Crippen LogP) is 3.08. The molecule has 1 aliphatic heterocycles. The zero-order valence-electron chi connectivity index (χ0n) is 9.31. The lowest BCUT2D eigenvalue weighted by molar-refractivity contribution is 0.475. The van der Waals surface area contributed by atoms with Crippen molar-refractivity contribution in [1.29, 1.82) is 0 Å².